The molecule has 0 spiro atoms. The molecule has 1 unspecified atom stereocenters. The van der Waals surface area contributed by atoms with E-state index >= 15 is 0 Å². The van der Waals surface area contributed by atoms with Crippen LogP contribution in [0.5, 0.6) is 0 Å². The summed E-state index contributed by atoms with van der Waals surface area (Å²) in [5.41, 5.74) is 0.846. The van der Waals surface area contributed by atoms with Crippen LogP contribution in [0.3, 0.4) is 0 Å². The van der Waals surface area contributed by atoms with Crippen molar-refractivity contribution in [2.45, 2.75) is 33.7 Å². The van der Waals surface area contributed by atoms with Gasteiger partial charge in [-0.3, -0.25) is 4.79 Å². The molecule has 0 radical (unpaired) electrons. The summed E-state index contributed by atoms with van der Waals surface area (Å²) < 4.78 is 0. The molecular weight excluding hydrogens is 216 g/mol. The third-order valence-corrected chi connectivity index (χ3v) is 2.48. The lowest BCUT2D eigenvalue weighted by atomic mass is 10.0. The molecule has 1 heterocycles. The lowest BCUT2D eigenvalue weighted by molar-refractivity contribution is -0.119. The topological polar surface area (TPSA) is 66.9 Å². The van der Waals surface area contributed by atoms with Crippen molar-refractivity contribution >= 4 is 11.7 Å². The van der Waals surface area contributed by atoms with Crippen molar-refractivity contribution < 1.29 is 4.79 Å². The summed E-state index contributed by atoms with van der Waals surface area (Å²) in [6.07, 6.45) is 0. The van der Waals surface area contributed by atoms with Gasteiger partial charge in [0, 0.05) is 11.8 Å². The number of rotatable bonds is 4. The predicted octanol–water partition coefficient (Wildman–Crippen LogP) is 1.28. The molecule has 0 saturated carbocycles. The molecule has 0 aliphatic carbocycles. The summed E-state index contributed by atoms with van der Waals surface area (Å²) in [6.45, 7) is 7.68. The van der Waals surface area contributed by atoms with Crippen LogP contribution < -0.4 is 10.6 Å². The SMILES string of the molecule is CNC(C(=O)Nc1cc(C)nc(C)n1)C(C)C. The third kappa shape index (κ3) is 3.78. The molecule has 1 aromatic heterocycles. The molecule has 5 heteroatoms. The molecule has 2 N–H and O–H groups in total. The second-order valence-corrected chi connectivity index (χ2v) is 4.44. The van der Waals surface area contributed by atoms with Gasteiger partial charge in [-0.25, -0.2) is 9.97 Å². The van der Waals surface area contributed by atoms with Gasteiger partial charge in [-0.15, -0.1) is 0 Å². The zero-order valence-corrected chi connectivity index (χ0v) is 11.0. The highest BCUT2D eigenvalue weighted by Crippen LogP contribution is 2.08. The minimum absolute atomic E-state index is 0.0694. The largest absolute Gasteiger partial charge is 0.309 e. The van der Waals surface area contributed by atoms with E-state index in [1.807, 2.05) is 20.8 Å². The number of nitrogens with zero attached hydrogens (tertiary/aromatic N) is 2. The number of amides is 1. The minimum atomic E-state index is -0.217. The average molecular weight is 236 g/mol. The summed E-state index contributed by atoms with van der Waals surface area (Å²) >= 11 is 0. The molecule has 0 aliphatic rings. The Kier molecular flexibility index (Phi) is 4.57. The van der Waals surface area contributed by atoms with E-state index < -0.39 is 0 Å². The first-order chi connectivity index (χ1) is 7.93. The van der Waals surface area contributed by atoms with Gasteiger partial charge in [0.25, 0.3) is 0 Å². The monoisotopic (exact) mass is 236 g/mol. The quantitative estimate of drug-likeness (QED) is 0.826. The lowest BCUT2D eigenvalue weighted by Gasteiger charge is -2.19. The Morgan fingerprint density at radius 1 is 1.29 bits per heavy atom. The predicted molar refractivity (Wildman–Crippen MR) is 67.8 cm³/mol. The molecule has 0 fully saturated rings. The van der Waals surface area contributed by atoms with E-state index in [9.17, 15) is 4.79 Å². The molecule has 0 saturated heterocycles. The Balaban J connectivity index is 2.80. The van der Waals surface area contributed by atoms with E-state index in [-0.39, 0.29) is 17.9 Å². The van der Waals surface area contributed by atoms with Gasteiger partial charge in [-0.1, -0.05) is 13.8 Å². The molecule has 1 aromatic rings. The maximum Gasteiger partial charge on any atom is 0.242 e. The number of likely N-dealkylation sites (N-methyl/N-ethyl adjacent to an activating group) is 1. The van der Waals surface area contributed by atoms with Gasteiger partial charge < -0.3 is 10.6 Å². The van der Waals surface area contributed by atoms with Crippen molar-refractivity contribution in [3.63, 3.8) is 0 Å². The number of nitrogens with one attached hydrogen (secondary N) is 2. The van der Waals surface area contributed by atoms with Crippen LogP contribution >= 0.6 is 0 Å². The smallest absolute Gasteiger partial charge is 0.242 e. The van der Waals surface area contributed by atoms with Crippen molar-refractivity contribution in [3.8, 4) is 0 Å². The van der Waals surface area contributed by atoms with Crippen molar-refractivity contribution in [1.82, 2.24) is 15.3 Å². The zero-order chi connectivity index (χ0) is 13.0. The molecule has 94 valence electrons. The second kappa shape index (κ2) is 5.72. The highest BCUT2D eigenvalue weighted by Gasteiger charge is 2.20. The number of aromatic nitrogens is 2. The first-order valence-corrected chi connectivity index (χ1v) is 5.74. The van der Waals surface area contributed by atoms with Gasteiger partial charge >= 0.3 is 0 Å². The third-order valence-electron chi connectivity index (χ3n) is 2.48. The Labute approximate surface area is 102 Å². The molecule has 0 aliphatic heterocycles. The average Bonchev–Trinajstić information content (AvgIpc) is 2.15. The van der Waals surface area contributed by atoms with E-state index in [0.29, 0.717) is 11.6 Å². The molecule has 0 aromatic carbocycles. The number of aryl methyl sites for hydroxylation is 2. The van der Waals surface area contributed by atoms with Gasteiger partial charge in [0.05, 0.1) is 6.04 Å². The molecular formula is C12H20N4O. The fraction of sp³-hybridized carbons (Fsp3) is 0.583. The molecule has 1 atom stereocenters. The highest BCUT2D eigenvalue weighted by molar-refractivity contribution is 5.94. The number of hydrogen-bond donors (Lipinski definition) is 2. The van der Waals surface area contributed by atoms with Crippen LogP contribution in [0.25, 0.3) is 0 Å². The van der Waals surface area contributed by atoms with E-state index in [4.69, 9.17) is 0 Å². The van der Waals surface area contributed by atoms with Gasteiger partial charge in [0.1, 0.15) is 11.6 Å². The number of hydrogen-bond acceptors (Lipinski definition) is 4. The summed E-state index contributed by atoms with van der Waals surface area (Å²) in [5, 5.41) is 5.80. The van der Waals surface area contributed by atoms with E-state index in [1.54, 1.807) is 20.0 Å². The minimum Gasteiger partial charge on any atom is -0.309 e. The fourth-order valence-corrected chi connectivity index (χ4v) is 1.75. The second-order valence-electron chi connectivity index (χ2n) is 4.44. The van der Waals surface area contributed by atoms with Crippen LogP contribution in [0.2, 0.25) is 0 Å². The Morgan fingerprint density at radius 2 is 1.94 bits per heavy atom. The van der Waals surface area contributed by atoms with Crippen molar-refractivity contribution in [3.05, 3.63) is 17.6 Å². The van der Waals surface area contributed by atoms with Crippen LogP contribution in [0.4, 0.5) is 5.82 Å². The van der Waals surface area contributed by atoms with E-state index in [1.165, 1.54) is 0 Å². The first kappa shape index (κ1) is 13.6. The Hall–Kier alpha value is -1.49. The standard InChI is InChI=1S/C12H20N4O/c1-7(2)11(13-5)12(17)16-10-6-8(3)14-9(4)15-10/h6-7,11,13H,1-5H3,(H,14,15,16,17). The summed E-state index contributed by atoms with van der Waals surface area (Å²) in [4.78, 5) is 20.3. The number of carbonyl (C=O) groups excluding carboxylic acids is 1. The summed E-state index contributed by atoms with van der Waals surface area (Å²) in [5.74, 6) is 1.37. The molecule has 1 amide bonds. The molecule has 5 nitrogen and oxygen atoms in total. The normalized spacial score (nSPS) is 12.6. The maximum atomic E-state index is 12.0. The van der Waals surface area contributed by atoms with Crippen LogP contribution in [0, 0.1) is 19.8 Å². The van der Waals surface area contributed by atoms with Crippen molar-refractivity contribution in [2.24, 2.45) is 5.92 Å². The van der Waals surface area contributed by atoms with Gasteiger partial charge in [-0.05, 0) is 26.8 Å². The van der Waals surface area contributed by atoms with Crippen molar-refractivity contribution in [1.29, 1.82) is 0 Å². The van der Waals surface area contributed by atoms with Gasteiger partial charge in [0.15, 0.2) is 0 Å². The molecule has 1 rings (SSSR count). The zero-order valence-electron chi connectivity index (χ0n) is 11.0. The van der Waals surface area contributed by atoms with Crippen LogP contribution in [0.15, 0.2) is 6.07 Å². The van der Waals surface area contributed by atoms with Gasteiger partial charge in [0.2, 0.25) is 5.91 Å². The number of anilines is 1. The summed E-state index contributed by atoms with van der Waals surface area (Å²) in [7, 11) is 1.78. The van der Waals surface area contributed by atoms with Crippen molar-refractivity contribution in [2.75, 3.05) is 12.4 Å². The summed E-state index contributed by atoms with van der Waals surface area (Å²) in [6, 6.07) is 1.54. The first-order valence-electron chi connectivity index (χ1n) is 5.74. The maximum absolute atomic E-state index is 12.0. The van der Waals surface area contributed by atoms with Crippen LogP contribution in [0.1, 0.15) is 25.4 Å². The molecule has 0 bridgehead atoms. The highest BCUT2D eigenvalue weighted by atomic mass is 16.2. The Morgan fingerprint density at radius 3 is 2.41 bits per heavy atom. The fourth-order valence-electron chi connectivity index (χ4n) is 1.75. The molecule has 17 heavy (non-hydrogen) atoms. The van der Waals surface area contributed by atoms with Crippen LogP contribution in [-0.2, 0) is 4.79 Å². The van der Waals surface area contributed by atoms with E-state index in [0.717, 1.165) is 5.69 Å². The lowest BCUT2D eigenvalue weighted by Crippen LogP contribution is -2.42. The number of carbonyl (C=O) groups is 1. The van der Waals surface area contributed by atoms with Crippen LogP contribution in [-0.4, -0.2) is 29.0 Å². The van der Waals surface area contributed by atoms with Gasteiger partial charge in [-0.2, -0.15) is 0 Å². The Bertz CT molecular complexity index is 383. The van der Waals surface area contributed by atoms with E-state index in [2.05, 4.69) is 20.6 Å².